The molecule has 148 valence electrons. The molecule has 1 aliphatic rings. The van der Waals surface area contributed by atoms with Crippen molar-refractivity contribution in [3.05, 3.63) is 65.7 Å². The third-order valence-electron chi connectivity index (χ3n) is 5.29. The number of ether oxygens (including phenoxy) is 2. The van der Waals surface area contributed by atoms with E-state index in [4.69, 9.17) is 9.47 Å². The number of aryl methyl sites for hydroxylation is 1. The first-order valence-electron chi connectivity index (χ1n) is 9.77. The van der Waals surface area contributed by atoms with Gasteiger partial charge in [-0.25, -0.2) is 0 Å². The van der Waals surface area contributed by atoms with Gasteiger partial charge in [-0.2, -0.15) is 0 Å². The zero-order valence-corrected chi connectivity index (χ0v) is 16.7. The normalized spacial score (nSPS) is 18.0. The molecule has 0 aromatic heterocycles. The van der Waals surface area contributed by atoms with Crippen LogP contribution in [0.1, 0.15) is 37.4 Å². The van der Waals surface area contributed by atoms with Gasteiger partial charge < -0.3 is 14.4 Å². The maximum Gasteiger partial charge on any atom is 0.326 e. The summed E-state index contributed by atoms with van der Waals surface area (Å²) in [5, 5.41) is 0. The zero-order valence-electron chi connectivity index (χ0n) is 16.7. The smallest absolute Gasteiger partial charge is 0.326 e. The van der Waals surface area contributed by atoms with Crippen LogP contribution in [-0.2, 0) is 19.1 Å². The van der Waals surface area contributed by atoms with Gasteiger partial charge in [-0.1, -0.05) is 48.0 Å². The molecule has 0 radical (unpaired) electrons. The van der Waals surface area contributed by atoms with Gasteiger partial charge in [-0.05, 0) is 44.9 Å². The maximum atomic E-state index is 13.1. The maximum absolute atomic E-state index is 13.1. The molecular formula is C23H27NO4. The summed E-state index contributed by atoms with van der Waals surface area (Å²) in [6, 6.07) is 17.3. The number of nitrogens with zero attached hydrogens (tertiary/aromatic N) is 1. The van der Waals surface area contributed by atoms with Crippen LogP contribution in [0.3, 0.4) is 0 Å². The average molecular weight is 381 g/mol. The summed E-state index contributed by atoms with van der Waals surface area (Å²) in [5.41, 5.74) is 1.62. The van der Waals surface area contributed by atoms with Crippen LogP contribution >= 0.6 is 0 Å². The summed E-state index contributed by atoms with van der Waals surface area (Å²) in [4.78, 5) is 28.4. The van der Waals surface area contributed by atoms with E-state index < -0.39 is 23.4 Å². The van der Waals surface area contributed by atoms with E-state index >= 15 is 0 Å². The molecule has 1 heterocycles. The van der Waals surface area contributed by atoms with Crippen LogP contribution in [0.15, 0.2) is 54.6 Å². The van der Waals surface area contributed by atoms with E-state index in [1.165, 1.54) is 0 Å². The predicted molar refractivity (Wildman–Crippen MR) is 108 cm³/mol. The van der Waals surface area contributed by atoms with Crippen molar-refractivity contribution in [2.75, 3.05) is 24.7 Å². The van der Waals surface area contributed by atoms with Gasteiger partial charge in [0.25, 0.3) is 0 Å². The van der Waals surface area contributed by atoms with E-state index in [0.29, 0.717) is 13.0 Å². The van der Waals surface area contributed by atoms with Gasteiger partial charge in [0.1, 0.15) is 0 Å². The van der Waals surface area contributed by atoms with Crippen LogP contribution in [0.25, 0.3) is 0 Å². The Bertz CT molecular complexity index is 798. The monoisotopic (exact) mass is 381 g/mol. The molecule has 0 bridgehead atoms. The number of hydrogen-bond donors (Lipinski definition) is 0. The second-order valence-corrected chi connectivity index (χ2v) is 7.00. The van der Waals surface area contributed by atoms with Crippen LogP contribution < -0.4 is 4.90 Å². The number of rotatable bonds is 6. The lowest BCUT2D eigenvalue weighted by Gasteiger charge is -2.35. The Balaban J connectivity index is 2.15. The van der Waals surface area contributed by atoms with Crippen LogP contribution in [0.4, 0.5) is 5.69 Å². The van der Waals surface area contributed by atoms with Crippen LogP contribution in [0.5, 0.6) is 0 Å². The first-order chi connectivity index (χ1) is 13.5. The highest BCUT2D eigenvalue weighted by atomic mass is 16.6. The minimum absolute atomic E-state index is 0.214. The van der Waals surface area contributed by atoms with Gasteiger partial charge in [0.15, 0.2) is 5.41 Å². The number of carbonyl (C=O) groups is 2. The Hall–Kier alpha value is -2.82. The summed E-state index contributed by atoms with van der Waals surface area (Å²) in [6.07, 6.45) is 0.345. The molecule has 1 saturated heterocycles. The number of benzene rings is 2. The molecule has 28 heavy (non-hydrogen) atoms. The van der Waals surface area contributed by atoms with Gasteiger partial charge in [-0.15, -0.1) is 0 Å². The van der Waals surface area contributed by atoms with Gasteiger partial charge in [0.2, 0.25) is 0 Å². The zero-order chi connectivity index (χ0) is 20.1. The lowest BCUT2D eigenvalue weighted by molar-refractivity contribution is -0.172. The summed E-state index contributed by atoms with van der Waals surface area (Å²) in [6.45, 7) is 6.52. The molecular weight excluding hydrogens is 354 g/mol. The van der Waals surface area contributed by atoms with Crippen molar-refractivity contribution in [3.63, 3.8) is 0 Å². The third-order valence-corrected chi connectivity index (χ3v) is 5.29. The van der Waals surface area contributed by atoms with Crippen molar-refractivity contribution in [1.82, 2.24) is 0 Å². The summed E-state index contributed by atoms with van der Waals surface area (Å²) < 4.78 is 10.8. The fourth-order valence-electron chi connectivity index (χ4n) is 3.97. The van der Waals surface area contributed by atoms with Gasteiger partial charge in [0, 0.05) is 12.2 Å². The van der Waals surface area contributed by atoms with Crippen molar-refractivity contribution in [3.8, 4) is 0 Å². The Morgan fingerprint density at radius 1 is 0.964 bits per heavy atom. The highest BCUT2D eigenvalue weighted by molar-refractivity contribution is 6.02. The minimum atomic E-state index is -1.39. The molecule has 5 nitrogen and oxygen atoms in total. The Morgan fingerprint density at radius 3 is 2.07 bits per heavy atom. The van der Waals surface area contributed by atoms with Crippen molar-refractivity contribution >= 4 is 17.6 Å². The highest BCUT2D eigenvalue weighted by Gasteiger charge is 2.61. The van der Waals surface area contributed by atoms with Crippen LogP contribution in [0.2, 0.25) is 0 Å². The number of carbonyl (C=O) groups excluding carboxylic acids is 2. The largest absolute Gasteiger partial charge is 0.465 e. The van der Waals surface area contributed by atoms with E-state index in [1.807, 2.05) is 61.5 Å². The van der Waals surface area contributed by atoms with E-state index in [1.54, 1.807) is 13.8 Å². The lowest BCUT2D eigenvalue weighted by atomic mass is 9.76. The lowest BCUT2D eigenvalue weighted by Crippen LogP contribution is -2.46. The van der Waals surface area contributed by atoms with E-state index in [-0.39, 0.29) is 13.2 Å². The predicted octanol–water partition coefficient (Wildman–Crippen LogP) is 4.06. The fourth-order valence-corrected chi connectivity index (χ4v) is 3.97. The first-order valence-corrected chi connectivity index (χ1v) is 9.77. The molecule has 0 amide bonds. The molecule has 1 aliphatic heterocycles. The Morgan fingerprint density at radius 2 is 1.54 bits per heavy atom. The Labute approximate surface area is 166 Å². The molecule has 2 aromatic carbocycles. The van der Waals surface area contributed by atoms with Crippen molar-refractivity contribution in [2.45, 2.75) is 33.2 Å². The summed E-state index contributed by atoms with van der Waals surface area (Å²) in [7, 11) is 0. The third kappa shape index (κ3) is 3.49. The van der Waals surface area contributed by atoms with Crippen molar-refractivity contribution in [1.29, 1.82) is 0 Å². The standard InChI is InChI=1S/C23H27NO4/c1-4-27-21(25)23(22(26)28-5-2)15-16-24(19-13-11-17(3)12-14-19)20(23)18-9-7-6-8-10-18/h6-14,20H,4-5,15-16H2,1-3H3. The molecule has 2 aromatic rings. The second kappa shape index (κ2) is 8.46. The van der Waals surface area contributed by atoms with Gasteiger partial charge >= 0.3 is 11.9 Å². The Kier molecular flexibility index (Phi) is 6.02. The molecule has 0 N–H and O–H groups in total. The number of hydrogen-bond acceptors (Lipinski definition) is 5. The van der Waals surface area contributed by atoms with Crippen LogP contribution in [0, 0.1) is 12.3 Å². The quantitative estimate of drug-likeness (QED) is 0.558. The summed E-state index contributed by atoms with van der Waals surface area (Å²) >= 11 is 0. The number of esters is 2. The van der Waals surface area contributed by atoms with Crippen molar-refractivity contribution in [2.24, 2.45) is 5.41 Å². The fraction of sp³-hybridized carbons (Fsp3) is 0.391. The molecule has 3 rings (SSSR count). The molecule has 1 fully saturated rings. The molecule has 0 aliphatic carbocycles. The van der Waals surface area contributed by atoms with E-state index in [2.05, 4.69) is 4.90 Å². The second-order valence-electron chi connectivity index (χ2n) is 7.00. The minimum Gasteiger partial charge on any atom is -0.465 e. The van der Waals surface area contributed by atoms with E-state index in [9.17, 15) is 9.59 Å². The van der Waals surface area contributed by atoms with Gasteiger partial charge in [0.05, 0.1) is 19.3 Å². The molecule has 1 unspecified atom stereocenters. The van der Waals surface area contributed by atoms with E-state index in [0.717, 1.165) is 16.8 Å². The SMILES string of the molecule is CCOC(=O)C1(C(=O)OCC)CCN(c2ccc(C)cc2)C1c1ccccc1. The molecule has 0 spiro atoms. The molecule has 0 saturated carbocycles. The van der Waals surface area contributed by atoms with Gasteiger partial charge in [-0.3, -0.25) is 9.59 Å². The molecule has 5 heteroatoms. The average Bonchev–Trinajstić information content (AvgIpc) is 3.11. The number of anilines is 1. The van der Waals surface area contributed by atoms with Crippen LogP contribution in [-0.4, -0.2) is 31.7 Å². The highest BCUT2D eigenvalue weighted by Crippen LogP contribution is 2.50. The first kappa shape index (κ1) is 19.9. The summed E-state index contributed by atoms with van der Waals surface area (Å²) in [5.74, 6) is -1.03. The molecule has 1 atom stereocenters. The topological polar surface area (TPSA) is 55.8 Å². The van der Waals surface area contributed by atoms with Crippen molar-refractivity contribution < 1.29 is 19.1 Å².